The molecule has 5 heteroatoms. The van der Waals surface area contributed by atoms with Crippen molar-refractivity contribution in [1.29, 1.82) is 0 Å². The van der Waals surface area contributed by atoms with Crippen molar-refractivity contribution in [2.45, 2.75) is 13.2 Å². The summed E-state index contributed by atoms with van der Waals surface area (Å²) in [5.74, 6) is -0.356. The second-order valence-corrected chi connectivity index (χ2v) is 2.60. The van der Waals surface area contributed by atoms with E-state index in [-0.39, 0.29) is 11.3 Å². The van der Waals surface area contributed by atoms with Gasteiger partial charge in [0.05, 0.1) is 0 Å². The molecule has 0 amide bonds. The number of carbonyl (C=O) groups is 1. The predicted molar refractivity (Wildman–Crippen MR) is 46.0 cm³/mol. The Morgan fingerprint density at radius 1 is 1.43 bits per heavy atom. The number of carbonyl (C=O) groups excluding carboxylic acids is 1. The molecule has 0 saturated heterocycles. The zero-order chi connectivity index (χ0) is 10.6. The van der Waals surface area contributed by atoms with Crippen molar-refractivity contribution in [2.75, 3.05) is 0 Å². The van der Waals surface area contributed by atoms with Gasteiger partial charge in [0, 0.05) is 12.5 Å². The molecule has 1 aromatic carbocycles. The first-order valence-electron chi connectivity index (χ1n) is 3.91. The summed E-state index contributed by atoms with van der Waals surface area (Å²) in [5.41, 5.74) is 0.259. The molecule has 0 aliphatic rings. The number of hydrogen-bond acceptors (Lipinski definition) is 5. The van der Waals surface area contributed by atoms with Gasteiger partial charge in [0.25, 0.3) is 0 Å². The standard InChI is InChI=1S/C9H10O5/c1-6(10)13-14-8-4-2-3-7(5-8)9(11)12/h2-5,9,11-12H,1H3. The Hall–Kier alpha value is -1.59. The van der Waals surface area contributed by atoms with Crippen LogP contribution in [0.3, 0.4) is 0 Å². The average Bonchev–Trinajstić information content (AvgIpc) is 2.15. The molecule has 0 heterocycles. The summed E-state index contributed by atoms with van der Waals surface area (Å²) in [6, 6.07) is 5.93. The highest BCUT2D eigenvalue weighted by molar-refractivity contribution is 5.65. The molecule has 0 atom stereocenters. The molecule has 14 heavy (non-hydrogen) atoms. The van der Waals surface area contributed by atoms with Crippen LogP contribution in [0.15, 0.2) is 24.3 Å². The van der Waals surface area contributed by atoms with Crippen LogP contribution < -0.4 is 4.89 Å². The van der Waals surface area contributed by atoms with E-state index in [1.165, 1.54) is 25.1 Å². The third-order valence-corrected chi connectivity index (χ3v) is 1.41. The van der Waals surface area contributed by atoms with Gasteiger partial charge in [-0.3, -0.25) is 9.78 Å². The van der Waals surface area contributed by atoms with E-state index >= 15 is 0 Å². The topological polar surface area (TPSA) is 76.0 Å². The summed E-state index contributed by atoms with van der Waals surface area (Å²) in [5, 5.41) is 17.6. The largest absolute Gasteiger partial charge is 0.364 e. The quantitative estimate of drug-likeness (QED) is 0.421. The number of rotatable bonds is 3. The molecule has 0 bridgehead atoms. The Balaban J connectivity index is 2.68. The third-order valence-electron chi connectivity index (χ3n) is 1.41. The fraction of sp³-hybridized carbons (Fsp3) is 0.222. The number of hydrogen-bond donors (Lipinski definition) is 2. The van der Waals surface area contributed by atoms with Gasteiger partial charge >= 0.3 is 5.97 Å². The zero-order valence-corrected chi connectivity index (χ0v) is 7.51. The molecular weight excluding hydrogens is 188 g/mol. The van der Waals surface area contributed by atoms with E-state index in [4.69, 9.17) is 10.2 Å². The number of aliphatic hydroxyl groups is 2. The van der Waals surface area contributed by atoms with Gasteiger partial charge < -0.3 is 10.2 Å². The van der Waals surface area contributed by atoms with Gasteiger partial charge in [-0.05, 0) is 12.1 Å². The van der Waals surface area contributed by atoms with E-state index in [1.54, 1.807) is 6.07 Å². The highest BCUT2D eigenvalue weighted by Crippen LogP contribution is 2.17. The summed E-state index contributed by atoms with van der Waals surface area (Å²) >= 11 is 0. The summed E-state index contributed by atoms with van der Waals surface area (Å²) < 4.78 is 0. The fourth-order valence-electron chi connectivity index (χ4n) is 0.834. The van der Waals surface area contributed by atoms with Crippen molar-refractivity contribution in [3.05, 3.63) is 29.8 Å². The molecule has 76 valence electrons. The Bertz CT molecular complexity index is 321. The van der Waals surface area contributed by atoms with Crippen LogP contribution in [0, 0.1) is 0 Å². The molecule has 1 rings (SSSR count). The molecule has 0 aliphatic heterocycles. The number of aliphatic hydroxyl groups excluding tert-OH is 1. The van der Waals surface area contributed by atoms with Gasteiger partial charge in [0.15, 0.2) is 12.0 Å². The second-order valence-electron chi connectivity index (χ2n) is 2.60. The molecule has 2 N–H and O–H groups in total. The molecule has 0 spiro atoms. The van der Waals surface area contributed by atoms with Crippen LogP contribution in [-0.2, 0) is 9.68 Å². The maximum Gasteiger partial charge on any atom is 0.352 e. The molecule has 0 radical (unpaired) electrons. The van der Waals surface area contributed by atoms with Gasteiger partial charge in [-0.25, -0.2) is 4.79 Å². The van der Waals surface area contributed by atoms with Crippen LogP contribution in [0.2, 0.25) is 0 Å². The fourth-order valence-corrected chi connectivity index (χ4v) is 0.834. The minimum Gasteiger partial charge on any atom is -0.364 e. The van der Waals surface area contributed by atoms with E-state index in [1.807, 2.05) is 0 Å². The summed E-state index contributed by atoms with van der Waals surface area (Å²) in [6.45, 7) is 1.20. The molecule has 0 saturated carbocycles. The molecule has 0 fully saturated rings. The maximum atomic E-state index is 10.4. The minimum atomic E-state index is -1.57. The summed E-state index contributed by atoms with van der Waals surface area (Å²) in [7, 11) is 0. The highest BCUT2D eigenvalue weighted by atomic mass is 17.2. The second kappa shape index (κ2) is 4.59. The lowest BCUT2D eigenvalue weighted by molar-refractivity contribution is -0.210. The lowest BCUT2D eigenvalue weighted by Crippen LogP contribution is -2.03. The van der Waals surface area contributed by atoms with Crippen LogP contribution in [0.25, 0.3) is 0 Å². The van der Waals surface area contributed by atoms with E-state index in [2.05, 4.69) is 9.78 Å². The van der Waals surface area contributed by atoms with E-state index in [0.29, 0.717) is 0 Å². The zero-order valence-electron chi connectivity index (χ0n) is 7.51. The first kappa shape index (κ1) is 10.5. The van der Waals surface area contributed by atoms with Crippen molar-refractivity contribution < 1.29 is 24.8 Å². The number of benzene rings is 1. The Morgan fingerprint density at radius 2 is 2.14 bits per heavy atom. The lowest BCUT2D eigenvalue weighted by Gasteiger charge is -2.06. The minimum absolute atomic E-state index is 0.228. The van der Waals surface area contributed by atoms with Crippen LogP contribution >= 0.6 is 0 Å². The Kier molecular flexibility index (Phi) is 3.44. The lowest BCUT2D eigenvalue weighted by atomic mass is 10.2. The van der Waals surface area contributed by atoms with Crippen LogP contribution in [-0.4, -0.2) is 16.2 Å². The van der Waals surface area contributed by atoms with Gasteiger partial charge in [-0.1, -0.05) is 12.1 Å². The Morgan fingerprint density at radius 3 is 2.71 bits per heavy atom. The first-order valence-corrected chi connectivity index (χ1v) is 3.91. The van der Waals surface area contributed by atoms with Crippen molar-refractivity contribution in [2.24, 2.45) is 0 Å². The van der Waals surface area contributed by atoms with Gasteiger partial charge in [-0.2, -0.15) is 0 Å². The van der Waals surface area contributed by atoms with Gasteiger partial charge in [-0.15, -0.1) is 0 Å². The average molecular weight is 198 g/mol. The van der Waals surface area contributed by atoms with Crippen molar-refractivity contribution in [3.63, 3.8) is 0 Å². The highest BCUT2D eigenvalue weighted by Gasteiger charge is 2.04. The normalized spacial score (nSPS) is 10.0. The summed E-state index contributed by atoms with van der Waals surface area (Å²) in [4.78, 5) is 19.2. The molecule has 0 aliphatic carbocycles. The molecule has 5 nitrogen and oxygen atoms in total. The van der Waals surface area contributed by atoms with Crippen molar-refractivity contribution in [3.8, 4) is 5.75 Å². The van der Waals surface area contributed by atoms with Gasteiger partial charge in [0.1, 0.15) is 0 Å². The molecule has 0 aromatic heterocycles. The van der Waals surface area contributed by atoms with E-state index < -0.39 is 12.3 Å². The first-order chi connectivity index (χ1) is 6.59. The summed E-state index contributed by atoms with van der Waals surface area (Å²) in [6.07, 6.45) is -1.57. The van der Waals surface area contributed by atoms with Crippen LogP contribution in [0.4, 0.5) is 0 Å². The van der Waals surface area contributed by atoms with Crippen LogP contribution in [0.1, 0.15) is 18.8 Å². The molecule has 1 aromatic rings. The molecule has 0 unspecified atom stereocenters. The Labute approximate surface area is 80.4 Å². The van der Waals surface area contributed by atoms with E-state index in [9.17, 15) is 4.79 Å². The smallest absolute Gasteiger partial charge is 0.352 e. The van der Waals surface area contributed by atoms with Gasteiger partial charge in [0.2, 0.25) is 0 Å². The van der Waals surface area contributed by atoms with Crippen LogP contribution in [0.5, 0.6) is 5.75 Å². The van der Waals surface area contributed by atoms with Crippen molar-refractivity contribution in [1.82, 2.24) is 0 Å². The SMILES string of the molecule is CC(=O)OOc1cccc(C(O)O)c1. The van der Waals surface area contributed by atoms with Crippen molar-refractivity contribution >= 4 is 5.97 Å². The monoisotopic (exact) mass is 198 g/mol. The maximum absolute atomic E-state index is 10.4. The predicted octanol–water partition coefficient (Wildman–Crippen LogP) is 0.527. The van der Waals surface area contributed by atoms with E-state index in [0.717, 1.165) is 0 Å². The molecular formula is C9H10O5. The third kappa shape index (κ3) is 3.04.